The fourth-order valence-electron chi connectivity index (χ4n) is 2.34. The highest BCUT2D eigenvalue weighted by Gasteiger charge is 2.29. The third-order valence-corrected chi connectivity index (χ3v) is 3.29. The van der Waals surface area contributed by atoms with Gasteiger partial charge in [0.2, 0.25) is 5.91 Å². The molecule has 0 radical (unpaired) electrons. The number of carbonyl (C=O) groups excluding carboxylic acids is 1. The molecule has 0 bridgehead atoms. The van der Waals surface area contributed by atoms with E-state index in [2.05, 4.69) is 4.99 Å². The Hall–Kier alpha value is -2.89. The fraction of sp³-hybridized carbons (Fsp3) is 0.188. The van der Waals surface area contributed by atoms with Crippen molar-refractivity contribution in [3.63, 3.8) is 0 Å². The normalized spacial score (nSPS) is 15.5. The van der Waals surface area contributed by atoms with Crippen LogP contribution in [0.3, 0.4) is 0 Å². The average molecular weight is 297 g/mol. The van der Waals surface area contributed by atoms with Crippen LogP contribution in [0.5, 0.6) is 5.75 Å². The summed E-state index contributed by atoms with van der Waals surface area (Å²) in [7, 11) is 0. The summed E-state index contributed by atoms with van der Waals surface area (Å²) >= 11 is 0. The first-order valence-corrected chi connectivity index (χ1v) is 6.78. The van der Waals surface area contributed by atoms with Gasteiger partial charge in [-0.25, -0.2) is 4.99 Å². The number of pyridine rings is 1. The number of benzene rings is 1. The highest BCUT2D eigenvalue weighted by atomic mass is 16.5. The van der Waals surface area contributed by atoms with Crippen LogP contribution >= 0.6 is 0 Å². The van der Waals surface area contributed by atoms with E-state index in [0.717, 1.165) is 0 Å². The number of amides is 1. The van der Waals surface area contributed by atoms with Crippen LogP contribution in [0.15, 0.2) is 52.4 Å². The van der Waals surface area contributed by atoms with Crippen molar-refractivity contribution in [1.29, 1.82) is 0 Å². The monoisotopic (exact) mass is 297 g/mol. The van der Waals surface area contributed by atoms with Crippen LogP contribution < -0.4 is 16.0 Å². The van der Waals surface area contributed by atoms with Crippen molar-refractivity contribution in [2.24, 2.45) is 10.7 Å². The summed E-state index contributed by atoms with van der Waals surface area (Å²) in [6, 6.07) is 9.69. The Kier molecular flexibility index (Phi) is 3.09. The van der Waals surface area contributed by atoms with E-state index in [1.54, 1.807) is 50.4 Å². The Morgan fingerprint density at radius 1 is 1.27 bits per heavy atom. The second-order valence-corrected chi connectivity index (χ2v) is 5.47. The third kappa shape index (κ3) is 2.39. The van der Waals surface area contributed by atoms with Crippen LogP contribution in [0.2, 0.25) is 0 Å². The number of aliphatic imine (C=N–C) groups is 1. The molecule has 1 aromatic carbocycles. The molecule has 3 rings (SSSR count). The van der Waals surface area contributed by atoms with E-state index in [9.17, 15) is 9.59 Å². The predicted octanol–water partition coefficient (Wildman–Crippen LogP) is 1.37. The van der Waals surface area contributed by atoms with E-state index in [4.69, 9.17) is 10.5 Å². The molecular weight excluding hydrogens is 282 g/mol. The maximum atomic E-state index is 12.1. The standard InChI is InChI=1S/C16H15N3O3/c1-16(2)18-15(19-8-4-3-5-13(19)20)11-9-10(14(17)21)6-7-12(11)22-16/h3-9H,1-2H3,(H2,17,21). The zero-order valence-corrected chi connectivity index (χ0v) is 12.2. The van der Waals surface area contributed by atoms with Gasteiger partial charge in [0.15, 0.2) is 5.72 Å². The topological polar surface area (TPSA) is 86.7 Å². The minimum Gasteiger partial charge on any atom is -0.466 e. The second-order valence-electron chi connectivity index (χ2n) is 5.47. The molecule has 112 valence electrons. The smallest absolute Gasteiger partial charge is 0.256 e. The summed E-state index contributed by atoms with van der Waals surface area (Å²) in [5.74, 6) is 0.433. The number of carbonyl (C=O) groups is 1. The average Bonchev–Trinajstić information content (AvgIpc) is 2.45. The highest BCUT2D eigenvalue weighted by molar-refractivity contribution is 6.05. The summed E-state index contributed by atoms with van der Waals surface area (Å²) in [4.78, 5) is 28.0. The predicted molar refractivity (Wildman–Crippen MR) is 82.3 cm³/mol. The molecule has 2 N–H and O–H groups in total. The minimum absolute atomic E-state index is 0.214. The van der Waals surface area contributed by atoms with Crippen LogP contribution in [-0.4, -0.2) is 22.0 Å². The zero-order chi connectivity index (χ0) is 15.9. The highest BCUT2D eigenvalue weighted by Crippen LogP contribution is 2.31. The number of aromatic nitrogens is 1. The Balaban J connectivity index is 2.27. The molecule has 6 nitrogen and oxygen atoms in total. The van der Waals surface area contributed by atoms with Gasteiger partial charge in [-0.15, -0.1) is 0 Å². The van der Waals surface area contributed by atoms with Crippen molar-refractivity contribution in [1.82, 2.24) is 4.57 Å². The van der Waals surface area contributed by atoms with Gasteiger partial charge in [0.25, 0.3) is 5.56 Å². The van der Waals surface area contributed by atoms with Gasteiger partial charge in [-0.2, -0.15) is 0 Å². The van der Waals surface area contributed by atoms with Gasteiger partial charge in [-0.3, -0.25) is 14.2 Å². The number of fused-ring (bicyclic) bond motifs is 1. The summed E-state index contributed by atoms with van der Waals surface area (Å²) in [6.07, 6.45) is 1.63. The Morgan fingerprint density at radius 3 is 2.73 bits per heavy atom. The molecule has 1 aromatic heterocycles. The lowest BCUT2D eigenvalue weighted by molar-refractivity contribution is 0.1000. The Morgan fingerprint density at radius 2 is 2.05 bits per heavy atom. The number of ether oxygens (including phenoxy) is 1. The lowest BCUT2D eigenvalue weighted by Crippen LogP contribution is -2.37. The van der Waals surface area contributed by atoms with Gasteiger partial charge in [0.1, 0.15) is 11.6 Å². The molecule has 0 fully saturated rings. The van der Waals surface area contributed by atoms with Gasteiger partial charge >= 0.3 is 0 Å². The Labute approximate surface area is 126 Å². The summed E-state index contributed by atoms with van der Waals surface area (Å²) in [5.41, 5.74) is 5.19. The molecule has 1 aliphatic rings. The first kappa shape index (κ1) is 14.1. The molecule has 0 unspecified atom stereocenters. The van der Waals surface area contributed by atoms with Crippen molar-refractivity contribution < 1.29 is 9.53 Å². The van der Waals surface area contributed by atoms with Crippen LogP contribution in [-0.2, 0) is 0 Å². The molecule has 6 heteroatoms. The Bertz CT molecular complexity index is 850. The number of rotatable bonds is 1. The van der Waals surface area contributed by atoms with Crippen molar-refractivity contribution >= 4 is 11.7 Å². The summed E-state index contributed by atoms with van der Waals surface area (Å²) < 4.78 is 7.22. The molecule has 1 aliphatic heterocycles. The minimum atomic E-state index is -0.814. The maximum Gasteiger partial charge on any atom is 0.256 e. The van der Waals surface area contributed by atoms with E-state index < -0.39 is 11.6 Å². The zero-order valence-electron chi connectivity index (χ0n) is 12.2. The van der Waals surface area contributed by atoms with E-state index >= 15 is 0 Å². The third-order valence-electron chi connectivity index (χ3n) is 3.29. The fourth-order valence-corrected chi connectivity index (χ4v) is 2.34. The number of nitrogens with two attached hydrogens (primary N) is 1. The summed E-state index contributed by atoms with van der Waals surface area (Å²) in [6.45, 7) is 3.60. The quantitative estimate of drug-likeness (QED) is 0.862. The molecule has 0 spiro atoms. The van der Waals surface area contributed by atoms with Gasteiger partial charge < -0.3 is 10.5 Å². The molecule has 0 saturated carbocycles. The lowest BCUT2D eigenvalue weighted by atomic mass is 10.1. The van der Waals surface area contributed by atoms with Gasteiger partial charge in [0, 0.05) is 17.8 Å². The number of hydrogen-bond acceptors (Lipinski definition) is 4. The molecule has 2 aromatic rings. The largest absolute Gasteiger partial charge is 0.466 e. The van der Waals surface area contributed by atoms with Crippen molar-refractivity contribution in [3.8, 4) is 5.75 Å². The molecule has 1 amide bonds. The first-order chi connectivity index (χ1) is 10.4. The molecule has 0 aliphatic carbocycles. The van der Waals surface area contributed by atoms with E-state index in [-0.39, 0.29) is 5.56 Å². The van der Waals surface area contributed by atoms with Crippen LogP contribution in [0.1, 0.15) is 29.8 Å². The molecule has 0 atom stereocenters. The molecule has 0 saturated heterocycles. The van der Waals surface area contributed by atoms with Crippen molar-refractivity contribution in [2.45, 2.75) is 19.6 Å². The molecule has 2 heterocycles. The molecular formula is C16H15N3O3. The van der Waals surface area contributed by atoms with E-state index in [1.165, 1.54) is 10.6 Å². The SMILES string of the molecule is CC1(C)N=C(n2ccccc2=O)c2cc(C(N)=O)ccc2O1. The van der Waals surface area contributed by atoms with Crippen molar-refractivity contribution in [3.05, 3.63) is 64.1 Å². The first-order valence-electron chi connectivity index (χ1n) is 6.78. The summed E-state index contributed by atoms with van der Waals surface area (Å²) in [5, 5.41) is 0. The van der Waals surface area contributed by atoms with E-state index in [1.807, 2.05) is 0 Å². The number of nitrogens with zero attached hydrogens (tertiary/aromatic N) is 2. The van der Waals surface area contributed by atoms with Crippen LogP contribution in [0.25, 0.3) is 0 Å². The lowest BCUT2D eigenvalue weighted by Gasteiger charge is -2.30. The molecule has 22 heavy (non-hydrogen) atoms. The van der Waals surface area contributed by atoms with E-state index in [0.29, 0.717) is 22.7 Å². The van der Waals surface area contributed by atoms with Crippen molar-refractivity contribution in [2.75, 3.05) is 0 Å². The van der Waals surface area contributed by atoms with Gasteiger partial charge in [-0.05, 0) is 38.1 Å². The maximum absolute atomic E-state index is 12.1. The number of hydrogen-bond donors (Lipinski definition) is 1. The second kappa shape index (κ2) is 4.84. The van der Waals surface area contributed by atoms with Crippen LogP contribution in [0.4, 0.5) is 0 Å². The van der Waals surface area contributed by atoms with Gasteiger partial charge in [0.05, 0.1) is 5.56 Å². The van der Waals surface area contributed by atoms with Crippen LogP contribution in [0, 0.1) is 0 Å². The van der Waals surface area contributed by atoms with Gasteiger partial charge in [-0.1, -0.05) is 6.07 Å². The number of primary amides is 1.